The van der Waals surface area contributed by atoms with E-state index in [2.05, 4.69) is 53.0 Å². The topological polar surface area (TPSA) is 27.6 Å². The molecule has 3 heteroatoms. The summed E-state index contributed by atoms with van der Waals surface area (Å²) in [6, 6.07) is 10.4. The lowest BCUT2D eigenvalue weighted by molar-refractivity contribution is 0.478. The van der Waals surface area contributed by atoms with Crippen LogP contribution in [0, 0.1) is 0 Å². The molecule has 0 saturated carbocycles. The zero-order valence-corrected chi connectivity index (χ0v) is 10.7. The number of aliphatic imine (C=N–C) groups is 1. The van der Waals surface area contributed by atoms with Gasteiger partial charge >= 0.3 is 0 Å². The molecule has 0 radical (unpaired) electrons. The van der Waals surface area contributed by atoms with Crippen LogP contribution in [0.2, 0.25) is 0 Å². The Labute approximate surface area is 104 Å². The molecule has 1 aromatic carbocycles. The van der Waals surface area contributed by atoms with Gasteiger partial charge in [0, 0.05) is 20.1 Å². The Balaban J connectivity index is 2.65. The van der Waals surface area contributed by atoms with E-state index in [1.165, 1.54) is 5.56 Å². The average Bonchev–Trinajstić information content (AvgIpc) is 2.35. The van der Waals surface area contributed by atoms with Crippen LogP contribution in [0.15, 0.2) is 48.0 Å². The summed E-state index contributed by atoms with van der Waals surface area (Å²) in [6.45, 7) is 8.11. The summed E-state index contributed by atoms with van der Waals surface area (Å²) in [5.41, 5.74) is 1.28. The summed E-state index contributed by atoms with van der Waals surface area (Å²) < 4.78 is 0. The van der Waals surface area contributed by atoms with Crippen LogP contribution < -0.4 is 5.32 Å². The summed E-state index contributed by atoms with van der Waals surface area (Å²) in [6.07, 6.45) is 1.80. The van der Waals surface area contributed by atoms with E-state index in [-0.39, 0.29) is 0 Å². The van der Waals surface area contributed by atoms with E-state index in [1.807, 2.05) is 13.1 Å². The minimum absolute atomic E-state index is 0.640. The van der Waals surface area contributed by atoms with Gasteiger partial charge in [-0.15, -0.1) is 6.58 Å². The summed E-state index contributed by atoms with van der Waals surface area (Å²) in [5, 5.41) is 3.27. The average molecular weight is 231 g/mol. The van der Waals surface area contributed by atoms with Gasteiger partial charge in [0.2, 0.25) is 0 Å². The second-order valence-electron chi connectivity index (χ2n) is 3.82. The number of benzene rings is 1. The summed E-state index contributed by atoms with van der Waals surface area (Å²) in [4.78, 5) is 6.55. The standard InChI is InChI=1S/C14H21N3/c1-4-11-16-14(15-5-2)17(3)12-13-9-7-6-8-10-13/h4,6-10H,1,5,11-12H2,2-3H3,(H,15,16). The molecule has 0 aliphatic rings. The van der Waals surface area contributed by atoms with Crippen LogP contribution in [0.25, 0.3) is 0 Å². The van der Waals surface area contributed by atoms with E-state index >= 15 is 0 Å². The van der Waals surface area contributed by atoms with Crippen molar-refractivity contribution in [2.75, 3.05) is 20.1 Å². The molecule has 0 fully saturated rings. The van der Waals surface area contributed by atoms with Crippen LogP contribution in [-0.4, -0.2) is 31.0 Å². The number of hydrogen-bond donors (Lipinski definition) is 1. The van der Waals surface area contributed by atoms with E-state index in [1.54, 1.807) is 6.08 Å². The minimum atomic E-state index is 0.640. The van der Waals surface area contributed by atoms with Crippen molar-refractivity contribution in [2.45, 2.75) is 13.5 Å². The highest BCUT2D eigenvalue weighted by molar-refractivity contribution is 5.79. The highest BCUT2D eigenvalue weighted by atomic mass is 15.3. The van der Waals surface area contributed by atoms with Crippen LogP contribution in [0.1, 0.15) is 12.5 Å². The van der Waals surface area contributed by atoms with Crippen LogP contribution in [-0.2, 0) is 6.54 Å². The largest absolute Gasteiger partial charge is 0.357 e. The van der Waals surface area contributed by atoms with Crippen LogP contribution >= 0.6 is 0 Å². The van der Waals surface area contributed by atoms with Gasteiger partial charge < -0.3 is 10.2 Å². The zero-order valence-electron chi connectivity index (χ0n) is 10.7. The molecule has 0 atom stereocenters. The molecule has 17 heavy (non-hydrogen) atoms. The summed E-state index contributed by atoms with van der Waals surface area (Å²) in [5.74, 6) is 0.913. The van der Waals surface area contributed by atoms with E-state index in [4.69, 9.17) is 0 Å². The Morgan fingerprint density at radius 2 is 2.12 bits per heavy atom. The van der Waals surface area contributed by atoms with Crippen molar-refractivity contribution < 1.29 is 0 Å². The summed E-state index contributed by atoms with van der Waals surface area (Å²) >= 11 is 0. The Bertz CT molecular complexity index is 357. The molecule has 0 aliphatic heterocycles. The maximum Gasteiger partial charge on any atom is 0.194 e. The van der Waals surface area contributed by atoms with Crippen molar-refractivity contribution >= 4 is 5.96 Å². The third kappa shape index (κ3) is 4.72. The molecule has 1 rings (SSSR count). The molecule has 0 aromatic heterocycles. The molecular weight excluding hydrogens is 210 g/mol. The maximum absolute atomic E-state index is 4.44. The van der Waals surface area contributed by atoms with Crippen LogP contribution in [0.4, 0.5) is 0 Å². The summed E-state index contributed by atoms with van der Waals surface area (Å²) in [7, 11) is 2.04. The van der Waals surface area contributed by atoms with Crippen LogP contribution in [0.5, 0.6) is 0 Å². The minimum Gasteiger partial charge on any atom is -0.357 e. The highest BCUT2D eigenvalue weighted by Crippen LogP contribution is 2.02. The normalized spacial score (nSPS) is 11.1. The first kappa shape index (κ1) is 13.3. The van der Waals surface area contributed by atoms with E-state index in [0.29, 0.717) is 6.54 Å². The predicted octanol–water partition coefficient (Wildman–Crippen LogP) is 2.27. The smallest absolute Gasteiger partial charge is 0.194 e. The highest BCUT2D eigenvalue weighted by Gasteiger charge is 2.05. The van der Waals surface area contributed by atoms with Crippen molar-refractivity contribution in [1.29, 1.82) is 0 Å². The van der Waals surface area contributed by atoms with Crippen molar-refractivity contribution in [3.8, 4) is 0 Å². The molecular formula is C14H21N3. The van der Waals surface area contributed by atoms with E-state index in [9.17, 15) is 0 Å². The molecule has 0 unspecified atom stereocenters. The first-order valence-electron chi connectivity index (χ1n) is 5.92. The molecule has 92 valence electrons. The zero-order chi connectivity index (χ0) is 12.5. The van der Waals surface area contributed by atoms with Gasteiger partial charge in [0.05, 0.1) is 6.54 Å². The second kappa shape index (κ2) is 7.49. The quantitative estimate of drug-likeness (QED) is 0.478. The molecule has 0 spiro atoms. The molecule has 1 aromatic rings. The second-order valence-corrected chi connectivity index (χ2v) is 3.82. The Morgan fingerprint density at radius 1 is 1.41 bits per heavy atom. The molecule has 0 heterocycles. The van der Waals surface area contributed by atoms with Gasteiger partial charge in [-0.05, 0) is 12.5 Å². The van der Waals surface area contributed by atoms with Gasteiger partial charge in [-0.2, -0.15) is 0 Å². The predicted molar refractivity (Wildman–Crippen MR) is 74.1 cm³/mol. The van der Waals surface area contributed by atoms with Crippen molar-refractivity contribution in [1.82, 2.24) is 10.2 Å². The molecule has 1 N–H and O–H groups in total. The number of nitrogens with one attached hydrogen (secondary N) is 1. The van der Waals surface area contributed by atoms with Crippen molar-refractivity contribution in [3.63, 3.8) is 0 Å². The van der Waals surface area contributed by atoms with Gasteiger partial charge in [0.25, 0.3) is 0 Å². The van der Waals surface area contributed by atoms with E-state index < -0.39 is 0 Å². The van der Waals surface area contributed by atoms with Crippen molar-refractivity contribution in [3.05, 3.63) is 48.6 Å². The molecule has 3 nitrogen and oxygen atoms in total. The van der Waals surface area contributed by atoms with Gasteiger partial charge in [0.1, 0.15) is 0 Å². The first-order valence-corrected chi connectivity index (χ1v) is 5.92. The van der Waals surface area contributed by atoms with Gasteiger partial charge in [-0.3, -0.25) is 0 Å². The Morgan fingerprint density at radius 3 is 2.71 bits per heavy atom. The molecule has 0 bridgehead atoms. The first-order chi connectivity index (χ1) is 8.27. The number of guanidine groups is 1. The lowest BCUT2D eigenvalue weighted by Crippen LogP contribution is -2.38. The third-order valence-corrected chi connectivity index (χ3v) is 2.33. The van der Waals surface area contributed by atoms with Gasteiger partial charge in [-0.1, -0.05) is 36.4 Å². The fraction of sp³-hybridized carbons (Fsp3) is 0.357. The van der Waals surface area contributed by atoms with Gasteiger partial charge in [-0.25, -0.2) is 4.99 Å². The lowest BCUT2D eigenvalue weighted by atomic mass is 10.2. The SMILES string of the molecule is C=CCN=C(NCC)N(C)Cc1ccccc1. The number of nitrogens with zero attached hydrogens (tertiary/aromatic N) is 2. The number of hydrogen-bond acceptors (Lipinski definition) is 1. The number of rotatable bonds is 5. The monoisotopic (exact) mass is 231 g/mol. The Hall–Kier alpha value is -1.77. The lowest BCUT2D eigenvalue weighted by Gasteiger charge is -2.21. The molecule has 0 aliphatic carbocycles. The molecule has 0 saturated heterocycles. The fourth-order valence-electron chi connectivity index (χ4n) is 1.55. The third-order valence-electron chi connectivity index (χ3n) is 2.33. The Kier molecular flexibility index (Phi) is 5.86. The van der Waals surface area contributed by atoms with E-state index in [0.717, 1.165) is 19.0 Å². The van der Waals surface area contributed by atoms with Crippen molar-refractivity contribution in [2.24, 2.45) is 4.99 Å². The maximum atomic E-state index is 4.44. The fourth-order valence-corrected chi connectivity index (χ4v) is 1.55. The molecule has 0 amide bonds. The van der Waals surface area contributed by atoms with Crippen LogP contribution in [0.3, 0.4) is 0 Å². The van der Waals surface area contributed by atoms with Gasteiger partial charge in [0.15, 0.2) is 5.96 Å².